The predicted octanol–water partition coefficient (Wildman–Crippen LogP) is 7.29. The molecule has 0 N–H and O–H groups in total. The van der Waals surface area contributed by atoms with E-state index in [-0.39, 0.29) is 0 Å². The van der Waals surface area contributed by atoms with E-state index in [0.717, 1.165) is 0 Å². The summed E-state index contributed by atoms with van der Waals surface area (Å²) < 4.78 is 0. The van der Waals surface area contributed by atoms with Crippen molar-refractivity contribution in [1.29, 1.82) is 0 Å². The fourth-order valence-corrected chi connectivity index (χ4v) is 2.83. The Morgan fingerprint density at radius 3 is 1.88 bits per heavy atom. The minimum Gasteiger partial charge on any atom is -0.0654 e. The lowest BCUT2D eigenvalue weighted by atomic mass is 10.0. The zero-order valence-corrected chi connectivity index (χ0v) is 16.7. The van der Waals surface area contributed by atoms with Gasteiger partial charge in [-0.3, -0.25) is 0 Å². The first kappa shape index (κ1) is 20.5. The van der Waals surface area contributed by atoms with Gasteiger partial charge in [-0.05, 0) is 81.2 Å². The lowest BCUT2D eigenvalue weighted by Gasteiger charge is -2.05. The Hall–Kier alpha value is -1.56. The Balaban J connectivity index is 0.000000240. The minimum absolute atomic E-state index is 1.23. The van der Waals surface area contributed by atoms with Crippen LogP contribution in [0.5, 0.6) is 0 Å². The third-order valence-electron chi connectivity index (χ3n) is 4.69. The topological polar surface area (TPSA) is 0 Å². The van der Waals surface area contributed by atoms with E-state index in [2.05, 4.69) is 77.9 Å². The second-order valence-corrected chi connectivity index (χ2v) is 7.06. The Morgan fingerprint density at radius 1 is 0.625 bits per heavy atom. The smallest absolute Gasteiger partial charge is 0.0276 e. The van der Waals surface area contributed by atoms with E-state index in [1.807, 2.05) is 0 Å². The second-order valence-electron chi connectivity index (χ2n) is 7.06. The van der Waals surface area contributed by atoms with Crippen LogP contribution in [0.2, 0.25) is 0 Å². The molecule has 2 rings (SSSR count). The van der Waals surface area contributed by atoms with E-state index < -0.39 is 0 Å². The summed E-state index contributed by atoms with van der Waals surface area (Å²) in [7, 11) is 0. The monoisotopic (exact) mass is 324 g/mol. The lowest BCUT2D eigenvalue weighted by molar-refractivity contribution is 0.791. The van der Waals surface area contributed by atoms with Crippen LogP contribution in [0.4, 0.5) is 0 Å². The Kier molecular flexibility index (Phi) is 9.45. The summed E-state index contributed by atoms with van der Waals surface area (Å²) in [5.74, 6) is 0. The number of rotatable bonds is 6. The molecule has 0 aliphatic carbocycles. The zero-order chi connectivity index (χ0) is 17.9. The first-order valence-electron chi connectivity index (χ1n) is 9.60. The molecule has 2 aromatic rings. The van der Waals surface area contributed by atoms with Crippen molar-refractivity contribution in [1.82, 2.24) is 0 Å². The fourth-order valence-electron chi connectivity index (χ4n) is 2.83. The van der Waals surface area contributed by atoms with E-state index in [9.17, 15) is 0 Å². The van der Waals surface area contributed by atoms with Crippen LogP contribution in [-0.4, -0.2) is 0 Å². The number of benzene rings is 2. The third-order valence-corrected chi connectivity index (χ3v) is 4.69. The van der Waals surface area contributed by atoms with Crippen molar-refractivity contribution in [3.63, 3.8) is 0 Å². The average Bonchev–Trinajstić information content (AvgIpc) is 2.56. The van der Waals surface area contributed by atoms with E-state index in [1.54, 1.807) is 0 Å². The molecule has 0 nitrogen and oxygen atoms in total. The predicted molar refractivity (Wildman–Crippen MR) is 109 cm³/mol. The van der Waals surface area contributed by atoms with Crippen LogP contribution in [0.3, 0.4) is 0 Å². The highest BCUT2D eigenvalue weighted by Gasteiger charge is 1.97. The van der Waals surface area contributed by atoms with Gasteiger partial charge in [0.1, 0.15) is 0 Å². The van der Waals surface area contributed by atoms with E-state index in [0.29, 0.717) is 0 Å². The summed E-state index contributed by atoms with van der Waals surface area (Å²) in [6.07, 6.45) is 7.66. The Morgan fingerprint density at radius 2 is 1.29 bits per heavy atom. The summed E-state index contributed by atoms with van der Waals surface area (Å²) >= 11 is 0. The van der Waals surface area contributed by atoms with Crippen molar-refractivity contribution in [3.05, 3.63) is 69.8 Å². The maximum atomic E-state index is 2.31. The van der Waals surface area contributed by atoms with Crippen LogP contribution in [0.25, 0.3) is 0 Å². The van der Waals surface area contributed by atoms with Crippen molar-refractivity contribution >= 4 is 0 Å². The molecule has 0 amide bonds. The first-order chi connectivity index (χ1) is 11.5. The molecule has 0 saturated carbocycles. The van der Waals surface area contributed by atoms with Crippen molar-refractivity contribution < 1.29 is 0 Å². The Bertz CT molecular complexity index is 607. The van der Waals surface area contributed by atoms with Gasteiger partial charge in [0.2, 0.25) is 0 Å². The molecule has 2 aromatic carbocycles. The van der Waals surface area contributed by atoms with Crippen LogP contribution in [0, 0.1) is 27.7 Å². The molecule has 0 radical (unpaired) electrons. The number of unbranched alkanes of at least 4 members (excludes halogenated alkanes) is 2. The highest BCUT2D eigenvalue weighted by atomic mass is 14.0. The molecule has 0 spiro atoms. The molecule has 0 heterocycles. The van der Waals surface area contributed by atoms with Gasteiger partial charge < -0.3 is 0 Å². The molecule has 0 aromatic heterocycles. The summed E-state index contributed by atoms with van der Waals surface area (Å²) in [6.45, 7) is 13.2. The SMILES string of the molecule is CCCCc1ccc(C)c(C)c1.CCCCc1ccc(C)cc1C. The third kappa shape index (κ3) is 7.34. The second kappa shape index (κ2) is 11.1. The largest absolute Gasteiger partial charge is 0.0654 e. The molecule has 0 aliphatic heterocycles. The molecule has 0 bridgehead atoms. The normalized spacial score (nSPS) is 10.2. The van der Waals surface area contributed by atoms with Crippen LogP contribution < -0.4 is 0 Å². The van der Waals surface area contributed by atoms with Gasteiger partial charge in [0.15, 0.2) is 0 Å². The molecule has 0 atom stereocenters. The van der Waals surface area contributed by atoms with E-state index in [4.69, 9.17) is 0 Å². The Labute approximate surface area is 150 Å². The van der Waals surface area contributed by atoms with Gasteiger partial charge in [-0.15, -0.1) is 0 Å². The summed E-state index contributed by atoms with van der Waals surface area (Å²) in [6, 6.07) is 13.5. The quantitative estimate of drug-likeness (QED) is 0.523. The molecular weight excluding hydrogens is 288 g/mol. The van der Waals surface area contributed by atoms with Gasteiger partial charge in [-0.1, -0.05) is 68.7 Å². The van der Waals surface area contributed by atoms with Crippen LogP contribution >= 0.6 is 0 Å². The van der Waals surface area contributed by atoms with Crippen LogP contribution in [0.1, 0.15) is 72.9 Å². The highest BCUT2D eigenvalue weighted by Crippen LogP contribution is 2.13. The van der Waals surface area contributed by atoms with Crippen molar-refractivity contribution in [3.8, 4) is 0 Å². The highest BCUT2D eigenvalue weighted by molar-refractivity contribution is 5.30. The van der Waals surface area contributed by atoms with Crippen molar-refractivity contribution in [2.24, 2.45) is 0 Å². The maximum Gasteiger partial charge on any atom is -0.0276 e. The molecule has 24 heavy (non-hydrogen) atoms. The molecule has 0 heteroatoms. The van der Waals surface area contributed by atoms with Crippen LogP contribution in [0.15, 0.2) is 36.4 Å². The average molecular weight is 325 g/mol. The van der Waals surface area contributed by atoms with E-state index in [1.165, 1.54) is 71.9 Å². The molecule has 0 aliphatic rings. The first-order valence-corrected chi connectivity index (χ1v) is 9.60. The standard InChI is InChI=1S/2C12H18/c1-4-5-6-12-8-7-10(2)11(3)9-12;1-4-5-6-12-8-7-10(2)9-11(12)3/h2*7-9H,4-6H2,1-3H3. The van der Waals surface area contributed by atoms with E-state index >= 15 is 0 Å². The van der Waals surface area contributed by atoms with Crippen LogP contribution in [-0.2, 0) is 12.8 Å². The van der Waals surface area contributed by atoms with Crippen molar-refractivity contribution in [2.45, 2.75) is 80.1 Å². The molecule has 0 unspecified atom stereocenters. The fraction of sp³-hybridized carbons (Fsp3) is 0.500. The molecule has 0 saturated heterocycles. The zero-order valence-electron chi connectivity index (χ0n) is 16.7. The lowest BCUT2D eigenvalue weighted by Crippen LogP contribution is -1.89. The molecule has 132 valence electrons. The number of aryl methyl sites for hydroxylation is 6. The van der Waals surface area contributed by atoms with Gasteiger partial charge in [-0.2, -0.15) is 0 Å². The number of hydrogen-bond donors (Lipinski definition) is 0. The van der Waals surface area contributed by atoms with Gasteiger partial charge in [0.25, 0.3) is 0 Å². The minimum atomic E-state index is 1.23. The summed E-state index contributed by atoms with van der Waals surface area (Å²) in [4.78, 5) is 0. The molecular formula is C24H36. The summed E-state index contributed by atoms with van der Waals surface area (Å²) in [5, 5.41) is 0. The van der Waals surface area contributed by atoms with Crippen molar-refractivity contribution in [2.75, 3.05) is 0 Å². The summed E-state index contributed by atoms with van der Waals surface area (Å²) in [5.41, 5.74) is 8.64. The van der Waals surface area contributed by atoms with Gasteiger partial charge >= 0.3 is 0 Å². The number of hydrogen-bond acceptors (Lipinski definition) is 0. The molecule has 0 fully saturated rings. The van der Waals surface area contributed by atoms with Gasteiger partial charge in [0, 0.05) is 0 Å². The maximum absolute atomic E-state index is 2.31. The van der Waals surface area contributed by atoms with Gasteiger partial charge in [0.05, 0.1) is 0 Å². The van der Waals surface area contributed by atoms with Gasteiger partial charge in [-0.25, -0.2) is 0 Å².